The van der Waals surface area contributed by atoms with Crippen molar-refractivity contribution in [1.82, 2.24) is 20.5 Å². The number of carbonyl (C=O) groups excluding carboxylic acids is 2. The minimum Gasteiger partial charge on any atom is -0.494 e. The van der Waals surface area contributed by atoms with Crippen LogP contribution in [0.2, 0.25) is 0 Å². The van der Waals surface area contributed by atoms with Crippen molar-refractivity contribution in [2.75, 3.05) is 12.4 Å². The summed E-state index contributed by atoms with van der Waals surface area (Å²) in [5.74, 6) is 0.0537. The number of anilines is 1. The molecule has 0 aliphatic carbocycles. The molecule has 33 heavy (non-hydrogen) atoms. The van der Waals surface area contributed by atoms with Gasteiger partial charge in [-0.2, -0.15) is 5.10 Å². The lowest BCUT2D eigenvalue weighted by Gasteiger charge is -2.23. The first-order valence-electron chi connectivity index (χ1n) is 10.6. The summed E-state index contributed by atoms with van der Waals surface area (Å²) < 4.78 is 10.8. The van der Waals surface area contributed by atoms with Crippen LogP contribution in [0.25, 0.3) is 11.3 Å². The molecule has 0 bridgehead atoms. The standard InChI is InChI=1S/C22H31Cl2N5O4/c1-12-18(13(2)29-28-12)19-16(32-6)10-14(11-25-19)26-20(30)15(8-7-9-17(23)24)27-21(31)33-22(3,4)5/h10-11,15,17H,7-9H2,1-6H3,(H,26,30)(H,27,31)(H,28,29)/t15-/m0/s1. The molecule has 2 heterocycles. The molecule has 0 aromatic carbocycles. The maximum absolute atomic E-state index is 13.0. The first-order valence-corrected chi connectivity index (χ1v) is 11.4. The number of alkyl carbamates (subject to hydrolysis) is 1. The van der Waals surface area contributed by atoms with Gasteiger partial charge < -0.3 is 20.1 Å². The summed E-state index contributed by atoms with van der Waals surface area (Å²) in [6, 6.07) is 0.820. The van der Waals surface area contributed by atoms with Gasteiger partial charge in [-0.25, -0.2) is 4.79 Å². The van der Waals surface area contributed by atoms with Crippen molar-refractivity contribution in [2.45, 2.75) is 70.4 Å². The zero-order valence-corrected chi connectivity index (χ0v) is 21.2. The van der Waals surface area contributed by atoms with Crippen molar-refractivity contribution in [3.8, 4) is 17.0 Å². The van der Waals surface area contributed by atoms with Crippen LogP contribution in [-0.4, -0.2) is 50.8 Å². The molecule has 0 spiro atoms. The van der Waals surface area contributed by atoms with E-state index >= 15 is 0 Å². The van der Waals surface area contributed by atoms with Crippen molar-refractivity contribution in [2.24, 2.45) is 0 Å². The molecule has 2 rings (SSSR count). The highest BCUT2D eigenvalue weighted by Gasteiger charge is 2.25. The molecule has 3 N–H and O–H groups in total. The number of halogens is 2. The summed E-state index contributed by atoms with van der Waals surface area (Å²) in [6.07, 6.45) is 2.19. The molecule has 1 atom stereocenters. The Morgan fingerprint density at radius 2 is 1.91 bits per heavy atom. The fourth-order valence-electron chi connectivity index (χ4n) is 3.18. The highest BCUT2D eigenvalue weighted by molar-refractivity contribution is 6.44. The van der Waals surface area contributed by atoms with Gasteiger partial charge in [-0.1, -0.05) is 0 Å². The van der Waals surface area contributed by atoms with Crippen LogP contribution >= 0.6 is 23.2 Å². The quantitative estimate of drug-likeness (QED) is 0.422. The number of nitrogens with one attached hydrogen (secondary N) is 3. The molecule has 0 fully saturated rings. The number of rotatable bonds is 9. The number of carbonyl (C=O) groups is 2. The number of aromatic nitrogens is 3. The van der Waals surface area contributed by atoms with Gasteiger partial charge in [0, 0.05) is 17.3 Å². The summed E-state index contributed by atoms with van der Waals surface area (Å²) >= 11 is 11.6. The fourth-order valence-corrected chi connectivity index (χ4v) is 3.49. The summed E-state index contributed by atoms with van der Waals surface area (Å²) in [4.78, 5) is 29.2. The summed E-state index contributed by atoms with van der Waals surface area (Å²) in [5.41, 5.74) is 2.81. The largest absolute Gasteiger partial charge is 0.494 e. The van der Waals surface area contributed by atoms with E-state index in [-0.39, 0.29) is 0 Å². The number of amides is 2. The predicted molar refractivity (Wildman–Crippen MR) is 129 cm³/mol. The smallest absolute Gasteiger partial charge is 0.408 e. The van der Waals surface area contributed by atoms with Crippen LogP contribution in [-0.2, 0) is 9.53 Å². The van der Waals surface area contributed by atoms with Gasteiger partial charge in [0.25, 0.3) is 0 Å². The van der Waals surface area contributed by atoms with Gasteiger partial charge >= 0.3 is 6.09 Å². The number of alkyl halides is 2. The molecule has 182 valence electrons. The van der Waals surface area contributed by atoms with E-state index in [1.54, 1.807) is 26.8 Å². The van der Waals surface area contributed by atoms with E-state index in [1.165, 1.54) is 13.3 Å². The molecule has 0 unspecified atom stereocenters. The third-order valence-corrected chi connectivity index (χ3v) is 5.06. The highest BCUT2D eigenvalue weighted by Crippen LogP contribution is 2.33. The van der Waals surface area contributed by atoms with Gasteiger partial charge in [-0.15, -0.1) is 23.2 Å². The lowest BCUT2D eigenvalue weighted by Crippen LogP contribution is -2.45. The van der Waals surface area contributed by atoms with E-state index in [9.17, 15) is 9.59 Å². The summed E-state index contributed by atoms with van der Waals surface area (Å²) in [5, 5.41) is 12.5. The molecule has 0 radical (unpaired) electrons. The van der Waals surface area contributed by atoms with E-state index in [1.807, 2.05) is 13.8 Å². The molecule has 2 aromatic heterocycles. The number of aryl methyl sites for hydroxylation is 2. The Hall–Kier alpha value is -2.52. The normalized spacial score (nSPS) is 12.4. The van der Waals surface area contributed by atoms with Crippen molar-refractivity contribution >= 4 is 40.9 Å². The van der Waals surface area contributed by atoms with E-state index in [2.05, 4.69) is 25.8 Å². The lowest BCUT2D eigenvalue weighted by atomic mass is 10.1. The number of hydrogen-bond acceptors (Lipinski definition) is 6. The van der Waals surface area contributed by atoms with Gasteiger partial charge in [0.2, 0.25) is 5.91 Å². The molecular formula is C22H31Cl2N5O4. The van der Waals surface area contributed by atoms with Gasteiger partial charge in [0.15, 0.2) is 0 Å². The van der Waals surface area contributed by atoms with E-state index in [0.717, 1.165) is 17.0 Å². The van der Waals surface area contributed by atoms with Gasteiger partial charge in [0.05, 0.1) is 24.7 Å². The average Bonchev–Trinajstić information content (AvgIpc) is 3.03. The highest BCUT2D eigenvalue weighted by atomic mass is 35.5. The second-order valence-electron chi connectivity index (χ2n) is 8.59. The number of H-pyrrole nitrogens is 1. The van der Waals surface area contributed by atoms with Crippen LogP contribution in [0, 0.1) is 13.8 Å². The molecule has 2 amide bonds. The minimum atomic E-state index is -0.851. The maximum atomic E-state index is 13.0. The molecule has 0 saturated heterocycles. The maximum Gasteiger partial charge on any atom is 0.408 e. The Morgan fingerprint density at radius 1 is 1.21 bits per heavy atom. The Labute approximate surface area is 203 Å². The van der Waals surface area contributed by atoms with Gasteiger partial charge in [-0.3, -0.25) is 14.9 Å². The van der Waals surface area contributed by atoms with E-state index < -0.39 is 28.5 Å². The molecule has 11 heteroatoms. The number of hydrogen-bond donors (Lipinski definition) is 3. The van der Waals surface area contributed by atoms with Crippen molar-refractivity contribution in [1.29, 1.82) is 0 Å². The van der Waals surface area contributed by atoms with Gasteiger partial charge in [-0.05, 0) is 53.9 Å². The number of nitrogens with zero attached hydrogens (tertiary/aromatic N) is 2. The molecule has 2 aromatic rings. The summed E-state index contributed by atoms with van der Waals surface area (Å²) in [6.45, 7) is 9.00. The second-order valence-corrected chi connectivity index (χ2v) is 9.87. The molecule has 0 aliphatic heterocycles. The molecule has 0 aliphatic rings. The van der Waals surface area contributed by atoms with E-state index in [4.69, 9.17) is 32.7 Å². The lowest BCUT2D eigenvalue weighted by molar-refractivity contribution is -0.118. The molecular weight excluding hydrogens is 469 g/mol. The topological polar surface area (TPSA) is 118 Å². The Kier molecular flexibility index (Phi) is 9.36. The Bertz CT molecular complexity index is 953. The molecule has 0 saturated carbocycles. The second kappa shape index (κ2) is 11.6. The van der Waals surface area contributed by atoms with Crippen LogP contribution < -0.4 is 15.4 Å². The number of aromatic amines is 1. The number of methoxy groups -OCH3 is 1. The average molecular weight is 500 g/mol. The van der Waals surface area contributed by atoms with Crippen molar-refractivity contribution in [3.63, 3.8) is 0 Å². The Balaban J connectivity index is 2.20. The number of ether oxygens (including phenoxy) is 2. The zero-order chi connectivity index (χ0) is 24.8. The van der Waals surface area contributed by atoms with Crippen LogP contribution in [0.4, 0.5) is 10.5 Å². The third kappa shape index (κ3) is 8.08. The zero-order valence-electron chi connectivity index (χ0n) is 19.7. The summed E-state index contributed by atoms with van der Waals surface area (Å²) in [7, 11) is 1.53. The predicted octanol–water partition coefficient (Wildman–Crippen LogP) is 4.90. The first kappa shape index (κ1) is 26.7. The van der Waals surface area contributed by atoms with Crippen LogP contribution in [0.5, 0.6) is 5.75 Å². The SMILES string of the molecule is COc1cc(NC(=O)[C@H](CCCC(Cl)Cl)NC(=O)OC(C)(C)C)cnc1-c1c(C)n[nH]c1C. The minimum absolute atomic E-state index is 0.330. The van der Waals surface area contributed by atoms with Crippen molar-refractivity contribution in [3.05, 3.63) is 23.7 Å². The monoisotopic (exact) mass is 499 g/mol. The van der Waals surface area contributed by atoms with Crippen molar-refractivity contribution < 1.29 is 19.1 Å². The first-order chi connectivity index (χ1) is 15.4. The van der Waals surface area contributed by atoms with E-state index in [0.29, 0.717) is 36.4 Å². The Morgan fingerprint density at radius 3 is 2.45 bits per heavy atom. The fraction of sp³-hybridized carbons (Fsp3) is 0.545. The van der Waals surface area contributed by atoms with Crippen LogP contribution in [0.15, 0.2) is 12.3 Å². The number of pyridine rings is 1. The molecule has 9 nitrogen and oxygen atoms in total. The van der Waals surface area contributed by atoms with Crippen LogP contribution in [0.3, 0.4) is 0 Å². The third-order valence-electron chi connectivity index (χ3n) is 4.63. The van der Waals surface area contributed by atoms with Crippen LogP contribution in [0.1, 0.15) is 51.4 Å². The van der Waals surface area contributed by atoms with Gasteiger partial charge in [0.1, 0.15) is 27.9 Å².